The molecule has 1 aromatic carbocycles. The summed E-state index contributed by atoms with van der Waals surface area (Å²) in [4.78, 5) is 26.5. The molecule has 12 nitrogen and oxygen atoms in total. The van der Waals surface area contributed by atoms with Gasteiger partial charge in [0.1, 0.15) is 0 Å². The van der Waals surface area contributed by atoms with Crippen molar-refractivity contribution < 1.29 is 31.2 Å². The Hall–Kier alpha value is -2.43. The van der Waals surface area contributed by atoms with E-state index in [4.69, 9.17) is 9.57 Å². The number of carbonyl (C=O) groups is 1. The van der Waals surface area contributed by atoms with E-state index in [9.17, 15) is 21.6 Å². The Morgan fingerprint density at radius 3 is 2.45 bits per heavy atom. The lowest BCUT2D eigenvalue weighted by atomic mass is 10.1. The Kier molecular flexibility index (Phi) is 8.87. The van der Waals surface area contributed by atoms with Gasteiger partial charge in [0, 0.05) is 29.6 Å². The molecule has 2 N–H and O–H groups in total. The second-order valence-corrected chi connectivity index (χ2v) is 15.6. The minimum atomic E-state index is -3.36. The molecule has 40 heavy (non-hydrogen) atoms. The lowest BCUT2D eigenvalue weighted by Gasteiger charge is -2.30. The van der Waals surface area contributed by atoms with Crippen LogP contribution in [0.3, 0.4) is 0 Å². The molecule has 1 saturated carbocycles. The van der Waals surface area contributed by atoms with Crippen LogP contribution in [0.5, 0.6) is 0 Å². The highest BCUT2D eigenvalue weighted by Gasteiger charge is 2.37. The molecular formula is C25H33N5O7S3. The van der Waals surface area contributed by atoms with Crippen molar-refractivity contribution in [1.29, 1.82) is 0 Å². The number of sulfone groups is 1. The molecule has 0 spiro atoms. The first-order valence-corrected chi connectivity index (χ1v) is 17.1. The predicted octanol–water partition coefficient (Wildman–Crippen LogP) is 1.74. The second-order valence-electron chi connectivity index (χ2n) is 10.1. The van der Waals surface area contributed by atoms with E-state index in [2.05, 4.69) is 25.1 Å². The fourth-order valence-corrected chi connectivity index (χ4v) is 8.35. The number of sulfonamides is 1. The molecule has 15 heteroatoms. The minimum absolute atomic E-state index is 0.00633. The van der Waals surface area contributed by atoms with Gasteiger partial charge in [0.05, 0.1) is 28.6 Å². The fourth-order valence-electron chi connectivity index (χ4n) is 4.68. The zero-order valence-corrected chi connectivity index (χ0v) is 24.6. The number of oxime groups is 1. The number of amides is 1. The molecule has 0 unspecified atom stereocenters. The van der Waals surface area contributed by atoms with E-state index in [-0.39, 0.29) is 27.2 Å². The first kappa shape index (κ1) is 29.1. The summed E-state index contributed by atoms with van der Waals surface area (Å²) in [5, 5.41) is 6.59. The first-order valence-electron chi connectivity index (χ1n) is 13.2. The largest absolute Gasteiger partial charge is 0.389 e. The highest BCUT2D eigenvalue weighted by Crippen LogP contribution is 2.33. The number of nitrogens with zero attached hydrogens (tertiary/aromatic N) is 3. The average molecular weight is 612 g/mol. The van der Waals surface area contributed by atoms with Gasteiger partial charge in [0.2, 0.25) is 10.0 Å². The number of piperidine rings is 1. The molecule has 3 heterocycles. The summed E-state index contributed by atoms with van der Waals surface area (Å²) in [6.07, 6.45) is 4.53. The molecule has 2 saturated heterocycles. The summed E-state index contributed by atoms with van der Waals surface area (Å²) in [6.45, 7) is 2.83. The van der Waals surface area contributed by atoms with E-state index in [0.717, 1.165) is 4.88 Å². The Balaban J connectivity index is 1.25. The number of likely N-dealkylation sites (tertiary alicyclic amines) is 1. The highest BCUT2D eigenvalue weighted by atomic mass is 32.2. The number of benzene rings is 1. The minimum Gasteiger partial charge on any atom is -0.389 e. The van der Waals surface area contributed by atoms with Crippen LogP contribution in [-0.2, 0) is 40.8 Å². The third-order valence-corrected chi connectivity index (χ3v) is 12.3. The number of hydrogen-bond acceptors (Lipinski definition) is 11. The number of rotatable bonds is 11. The third kappa shape index (κ3) is 6.89. The molecular weight excluding hydrogens is 579 g/mol. The SMILES string of the molecule is CNS(=O)(=O)C1CCN(Cc2cnc(NC(=O)/C(=N/O[C@@H]3CCOC3)c3ccc(S(=O)(=O)C4CC4)cc3)s2)CC1. The van der Waals surface area contributed by atoms with Crippen molar-refractivity contribution in [3.8, 4) is 0 Å². The monoisotopic (exact) mass is 611 g/mol. The van der Waals surface area contributed by atoms with Crippen LogP contribution in [0.4, 0.5) is 5.13 Å². The van der Waals surface area contributed by atoms with E-state index in [1.807, 2.05) is 0 Å². The van der Waals surface area contributed by atoms with Gasteiger partial charge in [0.15, 0.2) is 26.8 Å². The van der Waals surface area contributed by atoms with E-state index in [0.29, 0.717) is 75.6 Å². The Morgan fingerprint density at radius 2 is 1.82 bits per heavy atom. The normalized spacial score (nSPS) is 21.4. The summed E-state index contributed by atoms with van der Waals surface area (Å²) in [5.41, 5.74) is 0.425. The molecule has 1 aromatic heterocycles. The van der Waals surface area contributed by atoms with Crippen LogP contribution in [-0.4, -0.2) is 88.3 Å². The van der Waals surface area contributed by atoms with Gasteiger partial charge in [0.25, 0.3) is 5.91 Å². The van der Waals surface area contributed by atoms with Crippen molar-refractivity contribution in [3.05, 3.63) is 40.9 Å². The van der Waals surface area contributed by atoms with E-state index in [1.165, 1.54) is 30.5 Å². The van der Waals surface area contributed by atoms with Crippen molar-refractivity contribution >= 4 is 47.9 Å². The van der Waals surface area contributed by atoms with Crippen LogP contribution in [0, 0.1) is 0 Å². The summed E-state index contributed by atoms with van der Waals surface area (Å²) in [6, 6.07) is 6.12. The van der Waals surface area contributed by atoms with Gasteiger partial charge >= 0.3 is 0 Å². The van der Waals surface area contributed by atoms with Gasteiger partial charge < -0.3 is 9.57 Å². The van der Waals surface area contributed by atoms with E-state index < -0.39 is 25.8 Å². The molecule has 3 fully saturated rings. The number of thiazole rings is 1. The maximum Gasteiger partial charge on any atom is 0.280 e. The molecule has 1 amide bonds. The van der Waals surface area contributed by atoms with Gasteiger partial charge in [-0.15, -0.1) is 11.3 Å². The summed E-state index contributed by atoms with van der Waals surface area (Å²) in [5.74, 6) is -0.532. The van der Waals surface area contributed by atoms with Crippen LogP contribution in [0.15, 0.2) is 40.5 Å². The topological polar surface area (TPSA) is 156 Å². The van der Waals surface area contributed by atoms with Crippen LogP contribution >= 0.6 is 11.3 Å². The molecule has 0 radical (unpaired) electrons. The smallest absolute Gasteiger partial charge is 0.280 e. The van der Waals surface area contributed by atoms with Crippen LogP contribution in [0.25, 0.3) is 0 Å². The first-order chi connectivity index (χ1) is 19.2. The van der Waals surface area contributed by atoms with Crippen molar-refractivity contribution in [2.75, 3.05) is 38.7 Å². The zero-order chi connectivity index (χ0) is 28.3. The van der Waals surface area contributed by atoms with Crippen molar-refractivity contribution in [1.82, 2.24) is 14.6 Å². The molecule has 3 aliphatic rings. The van der Waals surface area contributed by atoms with Crippen molar-refractivity contribution in [2.45, 2.75) is 60.1 Å². The Labute approximate surface area is 238 Å². The molecule has 1 atom stereocenters. The summed E-state index contributed by atoms with van der Waals surface area (Å²) >= 11 is 1.33. The molecule has 0 bridgehead atoms. The maximum atomic E-state index is 13.3. The van der Waals surface area contributed by atoms with E-state index >= 15 is 0 Å². The number of carbonyl (C=O) groups excluding carboxylic acids is 1. The second kappa shape index (κ2) is 12.2. The molecule has 218 valence electrons. The molecule has 2 aromatic rings. The summed E-state index contributed by atoms with van der Waals surface area (Å²) < 4.78 is 57.0. The summed E-state index contributed by atoms with van der Waals surface area (Å²) in [7, 11) is -5.19. The van der Waals surface area contributed by atoms with Gasteiger partial charge in [-0.05, 0) is 58.0 Å². The maximum absolute atomic E-state index is 13.3. The number of hydrogen-bond donors (Lipinski definition) is 2. The van der Waals surface area contributed by atoms with Crippen LogP contribution < -0.4 is 10.0 Å². The lowest BCUT2D eigenvalue weighted by Crippen LogP contribution is -2.42. The van der Waals surface area contributed by atoms with Gasteiger partial charge in [-0.2, -0.15) is 0 Å². The molecule has 2 aliphatic heterocycles. The highest BCUT2D eigenvalue weighted by molar-refractivity contribution is 7.92. The van der Waals surface area contributed by atoms with Gasteiger partial charge in [-0.25, -0.2) is 26.5 Å². The fraction of sp³-hybridized carbons (Fsp3) is 0.560. The Morgan fingerprint density at radius 1 is 1.10 bits per heavy atom. The van der Waals surface area contributed by atoms with Crippen LogP contribution in [0.1, 0.15) is 42.5 Å². The van der Waals surface area contributed by atoms with Crippen molar-refractivity contribution in [3.63, 3.8) is 0 Å². The van der Waals surface area contributed by atoms with Crippen molar-refractivity contribution in [2.24, 2.45) is 5.16 Å². The number of aromatic nitrogens is 1. The zero-order valence-electron chi connectivity index (χ0n) is 22.1. The number of nitrogens with one attached hydrogen (secondary N) is 2. The quantitative estimate of drug-likeness (QED) is 0.285. The standard InChI is InChI=1S/C25H33N5O7S3/c1-26-40(34,35)22-8-11-30(12-9-22)15-19-14-27-25(38-19)28-24(31)23(29-37-18-10-13-36-16-18)17-2-4-20(5-3-17)39(32,33)21-6-7-21/h2-5,14,18,21-22,26H,6-13,15-16H2,1H3,(H,27,28,31)/b29-23+/t18-/m1/s1. The van der Waals surface area contributed by atoms with Crippen LogP contribution in [0.2, 0.25) is 0 Å². The molecule has 1 aliphatic carbocycles. The third-order valence-electron chi connectivity index (χ3n) is 7.23. The lowest BCUT2D eigenvalue weighted by molar-refractivity contribution is -0.110. The number of anilines is 1. The van der Waals surface area contributed by atoms with Gasteiger partial charge in [-0.3, -0.25) is 15.0 Å². The average Bonchev–Trinajstić information content (AvgIpc) is 3.53. The van der Waals surface area contributed by atoms with E-state index in [1.54, 1.807) is 18.3 Å². The van der Waals surface area contributed by atoms with Gasteiger partial charge in [-0.1, -0.05) is 17.3 Å². The Bertz CT molecular complexity index is 1440. The number of ether oxygens (including phenoxy) is 1. The molecule has 5 rings (SSSR count). The predicted molar refractivity (Wildman–Crippen MR) is 151 cm³/mol.